The summed E-state index contributed by atoms with van der Waals surface area (Å²) in [5, 5.41) is 6.63. The molecule has 4 aromatic carbocycles. The number of benzene rings is 4. The summed E-state index contributed by atoms with van der Waals surface area (Å²) < 4.78 is 5.45. The Hall–Kier alpha value is -2.87. The zero-order chi connectivity index (χ0) is 15.1. The van der Waals surface area contributed by atoms with Gasteiger partial charge < -0.3 is 4.74 Å². The standard InChI is InChI=1S/C20H14O2/c1-13(21)22-20-12-16-8-4-5-9-17(16)18-10-14-6-2-3-7-15(14)11-19(18)20/h2-12H,1H3. The first-order valence-corrected chi connectivity index (χ1v) is 7.25. The smallest absolute Gasteiger partial charge is 0.308 e. The second kappa shape index (κ2) is 4.85. The van der Waals surface area contributed by atoms with Crippen LogP contribution in [0.3, 0.4) is 0 Å². The number of carbonyl (C=O) groups is 1. The molecule has 4 aromatic rings. The quantitative estimate of drug-likeness (QED) is 0.211. The van der Waals surface area contributed by atoms with Crippen molar-refractivity contribution in [2.45, 2.75) is 6.92 Å². The first-order valence-electron chi connectivity index (χ1n) is 7.25. The number of ether oxygens (including phenoxy) is 1. The van der Waals surface area contributed by atoms with Crippen LogP contribution in [0.2, 0.25) is 0 Å². The maximum atomic E-state index is 11.4. The van der Waals surface area contributed by atoms with Gasteiger partial charge in [0.05, 0.1) is 0 Å². The largest absolute Gasteiger partial charge is 0.426 e. The van der Waals surface area contributed by atoms with Gasteiger partial charge >= 0.3 is 5.97 Å². The first-order chi connectivity index (χ1) is 10.7. The predicted octanol–water partition coefficient (Wildman–Crippen LogP) is 5.07. The Bertz CT molecular complexity index is 1030. The van der Waals surface area contributed by atoms with E-state index in [1.165, 1.54) is 17.7 Å². The molecular formula is C20H14O2. The van der Waals surface area contributed by atoms with Gasteiger partial charge in [-0.05, 0) is 45.1 Å². The highest BCUT2D eigenvalue weighted by molar-refractivity contribution is 6.14. The van der Waals surface area contributed by atoms with E-state index in [9.17, 15) is 4.79 Å². The molecule has 0 heterocycles. The van der Waals surface area contributed by atoms with Crippen LogP contribution in [0.25, 0.3) is 32.3 Å². The minimum atomic E-state index is -0.301. The number of esters is 1. The summed E-state index contributed by atoms with van der Waals surface area (Å²) in [6.07, 6.45) is 0. The van der Waals surface area contributed by atoms with Gasteiger partial charge in [-0.2, -0.15) is 0 Å². The van der Waals surface area contributed by atoms with Crippen molar-refractivity contribution in [1.82, 2.24) is 0 Å². The van der Waals surface area contributed by atoms with Crippen LogP contribution in [-0.2, 0) is 4.79 Å². The molecule has 0 fully saturated rings. The molecule has 0 atom stereocenters. The van der Waals surface area contributed by atoms with Gasteiger partial charge in [-0.25, -0.2) is 0 Å². The Labute approximate surface area is 127 Å². The minimum absolute atomic E-state index is 0.301. The van der Waals surface area contributed by atoms with E-state index in [-0.39, 0.29) is 5.97 Å². The summed E-state index contributed by atoms with van der Waals surface area (Å²) in [6.45, 7) is 1.43. The lowest BCUT2D eigenvalue weighted by Gasteiger charge is -2.11. The second-order valence-electron chi connectivity index (χ2n) is 5.43. The molecule has 0 saturated carbocycles. The number of hydrogen-bond donors (Lipinski definition) is 0. The number of rotatable bonds is 1. The lowest BCUT2D eigenvalue weighted by atomic mass is 9.97. The van der Waals surface area contributed by atoms with Crippen LogP contribution in [0.15, 0.2) is 66.7 Å². The summed E-state index contributed by atoms with van der Waals surface area (Å²) in [5.74, 6) is 0.316. The summed E-state index contributed by atoms with van der Waals surface area (Å²) >= 11 is 0. The van der Waals surface area contributed by atoms with E-state index < -0.39 is 0 Å². The lowest BCUT2D eigenvalue weighted by Crippen LogP contribution is -2.02. The molecule has 0 saturated heterocycles. The van der Waals surface area contributed by atoms with Crippen molar-refractivity contribution in [3.8, 4) is 5.75 Å². The molecule has 0 aromatic heterocycles. The fourth-order valence-electron chi connectivity index (χ4n) is 2.99. The topological polar surface area (TPSA) is 26.3 Å². The Morgan fingerprint density at radius 2 is 1.32 bits per heavy atom. The van der Waals surface area contributed by atoms with Crippen molar-refractivity contribution in [3.05, 3.63) is 66.7 Å². The van der Waals surface area contributed by atoms with Crippen LogP contribution in [-0.4, -0.2) is 5.97 Å². The highest BCUT2D eigenvalue weighted by Gasteiger charge is 2.10. The molecule has 0 spiro atoms. The van der Waals surface area contributed by atoms with E-state index in [0.717, 1.165) is 21.5 Å². The molecule has 0 radical (unpaired) electrons. The Kier molecular flexibility index (Phi) is 2.83. The molecule has 0 N–H and O–H groups in total. The van der Waals surface area contributed by atoms with Gasteiger partial charge in [0.25, 0.3) is 0 Å². The number of fused-ring (bicyclic) bond motifs is 4. The molecule has 2 nitrogen and oxygen atoms in total. The van der Waals surface area contributed by atoms with Crippen molar-refractivity contribution in [3.63, 3.8) is 0 Å². The van der Waals surface area contributed by atoms with Crippen LogP contribution in [0.5, 0.6) is 5.75 Å². The molecule has 2 heteroatoms. The first kappa shape index (κ1) is 12.8. The van der Waals surface area contributed by atoms with E-state index in [4.69, 9.17) is 4.74 Å². The van der Waals surface area contributed by atoms with E-state index >= 15 is 0 Å². The second-order valence-corrected chi connectivity index (χ2v) is 5.43. The Morgan fingerprint density at radius 3 is 2.00 bits per heavy atom. The molecule has 22 heavy (non-hydrogen) atoms. The van der Waals surface area contributed by atoms with Crippen molar-refractivity contribution in [2.75, 3.05) is 0 Å². The third-order valence-corrected chi connectivity index (χ3v) is 3.94. The van der Waals surface area contributed by atoms with Crippen molar-refractivity contribution in [1.29, 1.82) is 0 Å². The van der Waals surface area contributed by atoms with Gasteiger partial charge in [0, 0.05) is 12.3 Å². The summed E-state index contributed by atoms with van der Waals surface area (Å²) in [7, 11) is 0. The average molecular weight is 286 g/mol. The SMILES string of the molecule is CC(=O)Oc1cc2ccccc2c2cc3ccccc3cc12. The normalized spacial score (nSPS) is 11.1. The highest BCUT2D eigenvalue weighted by atomic mass is 16.5. The number of carbonyl (C=O) groups excluding carboxylic acids is 1. The van der Waals surface area contributed by atoms with E-state index in [1.807, 2.05) is 36.4 Å². The van der Waals surface area contributed by atoms with Gasteiger partial charge in [0.2, 0.25) is 0 Å². The lowest BCUT2D eigenvalue weighted by molar-refractivity contribution is -0.131. The van der Waals surface area contributed by atoms with Gasteiger partial charge in [0.15, 0.2) is 0 Å². The molecule has 0 aliphatic carbocycles. The van der Waals surface area contributed by atoms with E-state index in [0.29, 0.717) is 5.75 Å². The average Bonchev–Trinajstić information content (AvgIpc) is 2.53. The zero-order valence-electron chi connectivity index (χ0n) is 12.2. The van der Waals surface area contributed by atoms with Gasteiger partial charge in [-0.3, -0.25) is 4.79 Å². The molecule has 0 aliphatic heterocycles. The third kappa shape index (κ3) is 2.01. The van der Waals surface area contributed by atoms with Gasteiger partial charge in [-0.15, -0.1) is 0 Å². The fourth-order valence-corrected chi connectivity index (χ4v) is 2.99. The van der Waals surface area contributed by atoms with E-state index in [2.05, 4.69) is 30.3 Å². The summed E-state index contributed by atoms with van der Waals surface area (Å²) in [6, 6.07) is 22.6. The monoisotopic (exact) mass is 286 g/mol. The molecule has 0 unspecified atom stereocenters. The molecule has 4 rings (SSSR count). The maximum Gasteiger partial charge on any atom is 0.308 e. The summed E-state index contributed by atoms with van der Waals surface area (Å²) in [5.41, 5.74) is 0. The third-order valence-electron chi connectivity index (χ3n) is 3.94. The van der Waals surface area contributed by atoms with Crippen molar-refractivity contribution < 1.29 is 9.53 Å². The molecule has 106 valence electrons. The van der Waals surface area contributed by atoms with Crippen LogP contribution >= 0.6 is 0 Å². The van der Waals surface area contributed by atoms with Crippen LogP contribution in [0.4, 0.5) is 0 Å². The van der Waals surface area contributed by atoms with Gasteiger partial charge in [-0.1, -0.05) is 48.5 Å². The molecule has 0 aliphatic rings. The van der Waals surface area contributed by atoms with Crippen molar-refractivity contribution in [2.24, 2.45) is 0 Å². The van der Waals surface area contributed by atoms with Crippen molar-refractivity contribution >= 4 is 38.3 Å². The Balaban J connectivity index is 2.19. The highest BCUT2D eigenvalue weighted by Crippen LogP contribution is 2.36. The molecule has 0 bridgehead atoms. The molecule has 0 amide bonds. The van der Waals surface area contributed by atoms with Crippen LogP contribution < -0.4 is 4.74 Å². The van der Waals surface area contributed by atoms with E-state index in [1.54, 1.807) is 0 Å². The zero-order valence-corrected chi connectivity index (χ0v) is 12.2. The molecular weight excluding hydrogens is 272 g/mol. The van der Waals surface area contributed by atoms with Gasteiger partial charge in [0.1, 0.15) is 5.75 Å². The summed E-state index contributed by atoms with van der Waals surface area (Å²) in [4.78, 5) is 11.4. The number of hydrogen-bond acceptors (Lipinski definition) is 2. The van der Waals surface area contributed by atoms with Crippen LogP contribution in [0, 0.1) is 0 Å². The maximum absolute atomic E-state index is 11.4. The Morgan fingerprint density at radius 1 is 0.727 bits per heavy atom. The fraction of sp³-hybridized carbons (Fsp3) is 0.0500. The predicted molar refractivity (Wildman–Crippen MR) is 90.3 cm³/mol. The van der Waals surface area contributed by atoms with Crippen LogP contribution in [0.1, 0.15) is 6.92 Å². The minimum Gasteiger partial charge on any atom is -0.426 e.